The first-order valence-corrected chi connectivity index (χ1v) is 9.43. The average Bonchev–Trinajstić information content (AvgIpc) is 3.26. The van der Waals surface area contributed by atoms with Crippen LogP contribution in [0, 0.1) is 0 Å². The Morgan fingerprint density at radius 3 is 2.59 bits per heavy atom. The van der Waals surface area contributed by atoms with Crippen LogP contribution in [0.3, 0.4) is 0 Å². The predicted molar refractivity (Wildman–Crippen MR) is 107 cm³/mol. The van der Waals surface area contributed by atoms with Crippen LogP contribution >= 0.6 is 0 Å². The van der Waals surface area contributed by atoms with Gasteiger partial charge in [0.15, 0.2) is 0 Å². The number of primary amides is 1. The highest BCUT2D eigenvalue weighted by molar-refractivity contribution is 6.07. The Bertz CT molecular complexity index is 952. The number of hydrogen-bond donors (Lipinski definition) is 2. The maximum Gasteiger partial charge on any atom is 0.250 e. The van der Waals surface area contributed by atoms with Crippen LogP contribution in [-0.4, -0.2) is 30.2 Å². The van der Waals surface area contributed by atoms with Crippen molar-refractivity contribution in [2.75, 3.05) is 13.7 Å². The summed E-state index contributed by atoms with van der Waals surface area (Å²) in [5.41, 5.74) is 9.96. The Hall–Kier alpha value is -2.79. The molecule has 2 aromatic carbocycles. The number of aryl methyl sites for hydroxylation is 1. The molecule has 0 bridgehead atoms. The lowest BCUT2D eigenvalue weighted by molar-refractivity contribution is 0.100. The molecule has 0 unspecified atom stereocenters. The molecule has 5 nitrogen and oxygen atoms in total. The van der Waals surface area contributed by atoms with E-state index in [9.17, 15) is 4.79 Å². The zero-order chi connectivity index (χ0) is 18.8. The zero-order valence-electron chi connectivity index (χ0n) is 15.6. The van der Waals surface area contributed by atoms with E-state index in [1.54, 1.807) is 7.11 Å². The van der Waals surface area contributed by atoms with Crippen molar-refractivity contribution in [3.63, 3.8) is 0 Å². The van der Waals surface area contributed by atoms with Gasteiger partial charge in [-0.05, 0) is 43.0 Å². The molecule has 1 heterocycles. The fraction of sp³-hybridized carbons (Fsp3) is 0.318. The van der Waals surface area contributed by atoms with Crippen molar-refractivity contribution in [3.05, 3.63) is 65.4 Å². The van der Waals surface area contributed by atoms with E-state index in [1.807, 2.05) is 24.4 Å². The van der Waals surface area contributed by atoms with E-state index in [1.165, 1.54) is 11.1 Å². The quantitative estimate of drug-likeness (QED) is 0.634. The van der Waals surface area contributed by atoms with Crippen molar-refractivity contribution in [3.8, 4) is 5.75 Å². The minimum atomic E-state index is -0.408. The molecule has 0 aliphatic heterocycles. The van der Waals surface area contributed by atoms with Gasteiger partial charge >= 0.3 is 0 Å². The van der Waals surface area contributed by atoms with Crippen molar-refractivity contribution in [1.82, 2.24) is 9.88 Å². The van der Waals surface area contributed by atoms with Gasteiger partial charge in [-0.15, -0.1) is 0 Å². The number of nitrogens with zero attached hydrogens (tertiary/aromatic N) is 1. The van der Waals surface area contributed by atoms with E-state index in [-0.39, 0.29) is 0 Å². The highest BCUT2D eigenvalue weighted by atomic mass is 16.5. The largest absolute Gasteiger partial charge is 0.495 e. The summed E-state index contributed by atoms with van der Waals surface area (Å²) >= 11 is 0. The van der Waals surface area contributed by atoms with Gasteiger partial charge in [-0.1, -0.05) is 36.4 Å². The van der Waals surface area contributed by atoms with Crippen molar-refractivity contribution >= 4 is 16.8 Å². The first-order chi connectivity index (χ1) is 13.2. The fourth-order valence-electron chi connectivity index (χ4n) is 4.12. The number of amides is 1. The van der Waals surface area contributed by atoms with Gasteiger partial charge in [0, 0.05) is 24.2 Å². The summed E-state index contributed by atoms with van der Waals surface area (Å²) in [4.78, 5) is 11.8. The van der Waals surface area contributed by atoms with E-state index in [4.69, 9.17) is 10.5 Å². The first-order valence-electron chi connectivity index (χ1n) is 9.43. The third-order valence-electron chi connectivity index (χ3n) is 5.41. The molecule has 1 amide bonds. The zero-order valence-corrected chi connectivity index (χ0v) is 15.6. The van der Waals surface area contributed by atoms with E-state index >= 15 is 0 Å². The Balaban J connectivity index is 1.41. The fourth-order valence-corrected chi connectivity index (χ4v) is 4.12. The number of carbonyl (C=O) groups excluding carboxylic acids is 1. The standard InChI is InChI=1S/C22H25N3O2/c1-27-20-9-4-8-18-19(22(23)26)14-25(21(18)20)11-5-10-24-17-12-15-6-2-3-7-16(15)13-17/h2-4,6-9,14,17,24H,5,10-13H2,1H3,(H2,23,26). The summed E-state index contributed by atoms with van der Waals surface area (Å²) in [6.07, 6.45) is 5.01. The number of ether oxygens (including phenoxy) is 1. The Morgan fingerprint density at radius 2 is 1.93 bits per heavy atom. The van der Waals surface area contributed by atoms with Crippen molar-refractivity contribution in [2.45, 2.75) is 31.8 Å². The first kappa shape index (κ1) is 17.6. The molecule has 0 spiro atoms. The number of nitrogens with two attached hydrogens (primary N) is 1. The molecule has 0 atom stereocenters. The molecule has 0 radical (unpaired) electrons. The number of aromatic nitrogens is 1. The summed E-state index contributed by atoms with van der Waals surface area (Å²) in [6, 6.07) is 14.9. The van der Waals surface area contributed by atoms with Crippen LogP contribution in [-0.2, 0) is 19.4 Å². The molecule has 0 saturated heterocycles. The summed E-state index contributed by atoms with van der Waals surface area (Å²) in [6.45, 7) is 1.73. The number of fused-ring (bicyclic) bond motifs is 2. The average molecular weight is 363 g/mol. The van der Waals surface area contributed by atoms with Gasteiger partial charge in [0.1, 0.15) is 5.75 Å². The number of benzene rings is 2. The van der Waals surface area contributed by atoms with E-state index in [0.29, 0.717) is 11.6 Å². The molecular formula is C22H25N3O2. The third-order valence-corrected chi connectivity index (χ3v) is 5.41. The normalized spacial score (nSPS) is 13.8. The lowest BCUT2D eigenvalue weighted by Crippen LogP contribution is -2.30. The number of carbonyl (C=O) groups is 1. The smallest absolute Gasteiger partial charge is 0.250 e. The maximum atomic E-state index is 11.8. The molecule has 5 heteroatoms. The van der Waals surface area contributed by atoms with Crippen LogP contribution in [0.15, 0.2) is 48.7 Å². The monoisotopic (exact) mass is 363 g/mol. The van der Waals surface area contributed by atoms with Gasteiger partial charge in [-0.2, -0.15) is 0 Å². The van der Waals surface area contributed by atoms with Gasteiger partial charge in [0.05, 0.1) is 18.2 Å². The molecule has 1 aliphatic rings. The second-order valence-electron chi connectivity index (χ2n) is 7.14. The molecular weight excluding hydrogens is 338 g/mol. The molecule has 27 heavy (non-hydrogen) atoms. The van der Waals surface area contributed by atoms with Crippen LogP contribution in [0.5, 0.6) is 5.75 Å². The van der Waals surface area contributed by atoms with E-state index < -0.39 is 5.91 Å². The molecule has 0 fully saturated rings. The lowest BCUT2D eigenvalue weighted by Gasteiger charge is -2.13. The highest BCUT2D eigenvalue weighted by Gasteiger charge is 2.20. The number of para-hydroxylation sites is 1. The summed E-state index contributed by atoms with van der Waals surface area (Å²) < 4.78 is 7.58. The van der Waals surface area contributed by atoms with Crippen LogP contribution < -0.4 is 15.8 Å². The molecule has 1 aliphatic carbocycles. The second-order valence-corrected chi connectivity index (χ2v) is 7.14. The summed E-state index contributed by atoms with van der Waals surface area (Å²) in [5.74, 6) is 0.355. The Kier molecular flexibility index (Phi) is 4.86. The SMILES string of the molecule is COc1cccc2c(C(N)=O)cn(CCCNC3Cc4ccccc4C3)c12. The van der Waals surface area contributed by atoms with Crippen molar-refractivity contribution < 1.29 is 9.53 Å². The maximum absolute atomic E-state index is 11.8. The predicted octanol–water partition coefficient (Wildman–Crippen LogP) is 2.90. The lowest BCUT2D eigenvalue weighted by atomic mass is 10.1. The molecule has 3 aromatic rings. The van der Waals surface area contributed by atoms with Gasteiger partial charge in [0.2, 0.25) is 0 Å². The molecule has 140 valence electrons. The van der Waals surface area contributed by atoms with Crippen LogP contribution in [0.4, 0.5) is 0 Å². The topological polar surface area (TPSA) is 69.3 Å². The van der Waals surface area contributed by atoms with E-state index in [0.717, 1.165) is 49.0 Å². The Morgan fingerprint density at radius 1 is 1.19 bits per heavy atom. The number of methoxy groups -OCH3 is 1. The molecule has 1 aromatic heterocycles. The minimum Gasteiger partial charge on any atom is -0.495 e. The molecule has 4 rings (SSSR count). The second kappa shape index (κ2) is 7.45. The Labute approximate surface area is 159 Å². The summed E-state index contributed by atoms with van der Waals surface area (Å²) in [7, 11) is 1.65. The van der Waals surface area contributed by atoms with Crippen LogP contribution in [0.2, 0.25) is 0 Å². The molecule has 0 saturated carbocycles. The number of nitrogens with one attached hydrogen (secondary N) is 1. The number of rotatable bonds is 7. The van der Waals surface area contributed by atoms with Crippen LogP contribution in [0.25, 0.3) is 10.9 Å². The van der Waals surface area contributed by atoms with Gasteiger partial charge in [-0.25, -0.2) is 0 Å². The minimum absolute atomic E-state index is 0.408. The van der Waals surface area contributed by atoms with Crippen LogP contribution in [0.1, 0.15) is 27.9 Å². The highest BCUT2D eigenvalue weighted by Crippen LogP contribution is 2.30. The summed E-state index contributed by atoms with van der Waals surface area (Å²) in [5, 5.41) is 4.52. The van der Waals surface area contributed by atoms with Gasteiger partial charge in [0.25, 0.3) is 5.91 Å². The molecule has 3 N–H and O–H groups in total. The number of hydrogen-bond acceptors (Lipinski definition) is 3. The van der Waals surface area contributed by atoms with Gasteiger partial charge in [-0.3, -0.25) is 4.79 Å². The van der Waals surface area contributed by atoms with Gasteiger partial charge < -0.3 is 20.4 Å². The van der Waals surface area contributed by atoms with Crippen molar-refractivity contribution in [2.24, 2.45) is 5.73 Å². The van der Waals surface area contributed by atoms with Crippen molar-refractivity contribution in [1.29, 1.82) is 0 Å². The van der Waals surface area contributed by atoms with E-state index in [2.05, 4.69) is 34.1 Å². The third kappa shape index (κ3) is 3.43.